The molecule has 5 aliphatic carbocycles. The highest BCUT2D eigenvalue weighted by Gasteiger charge is 2.70. The monoisotopic (exact) mass is 943 g/mol. The highest BCUT2D eigenvalue weighted by Crippen LogP contribution is 2.76. The van der Waals surface area contributed by atoms with Crippen LogP contribution in [0.3, 0.4) is 0 Å². The van der Waals surface area contributed by atoms with Gasteiger partial charge in [0.2, 0.25) is 0 Å². The molecule has 4 saturated carbocycles. The zero-order valence-electron chi connectivity index (χ0n) is 39.7. The van der Waals surface area contributed by atoms with Crippen LogP contribution >= 0.6 is 0 Å². The maximum Gasteiger partial charge on any atom is 0.335 e. The smallest absolute Gasteiger partial charge is 0.335 e. The number of carboxylic acids is 1. The Hall–Kier alpha value is -1.43. The first-order chi connectivity index (χ1) is 30.7. The lowest BCUT2D eigenvalue weighted by molar-refractivity contribution is -0.396. The van der Waals surface area contributed by atoms with Gasteiger partial charge in [-0.3, -0.25) is 0 Å². The van der Waals surface area contributed by atoms with Crippen LogP contribution in [-0.2, 0) is 33.2 Å². The molecule has 7 fully saturated rings. The second-order valence-electron chi connectivity index (χ2n) is 23.6. The van der Waals surface area contributed by atoms with Crippen molar-refractivity contribution in [2.75, 3.05) is 13.2 Å². The summed E-state index contributed by atoms with van der Waals surface area (Å²) in [7, 11) is 0. The molecule has 0 spiro atoms. The van der Waals surface area contributed by atoms with E-state index in [9.17, 15) is 61.0 Å². The number of aliphatic hydroxyl groups excluding tert-OH is 10. The van der Waals surface area contributed by atoms with Crippen LogP contribution in [0.1, 0.15) is 113 Å². The SMILES string of the molecule is C[C@@H]1O[C@@H](O[C@H]2[C@H](O[C@H]3[C@H](O[C@H]4CC[C@@]5(C)C6CC=C7C8CC(C)(C)C[C@@H](O)[C@]8(C)CC[C@@]7(C)[C@@]6(C)CCC5[C@@]4(C)CO)O[C@H](C(=O)O)[C@@H](O)[C@@H]3O)O[C@H](CO)[C@H](O)[C@@H]2O)[C@H](O)[C@H](O)[C@H]1O. The Morgan fingerprint density at radius 3 is 1.94 bits per heavy atom. The summed E-state index contributed by atoms with van der Waals surface area (Å²) in [4.78, 5) is 12.5. The minimum Gasteiger partial charge on any atom is -0.479 e. The first-order valence-corrected chi connectivity index (χ1v) is 24.3. The van der Waals surface area contributed by atoms with Gasteiger partial charge in [-0.05, 0) is 104 Å². The van der Waals surface area contributed by atoms with Crippen LogP contribution < -0.4 is 0 Å². The molecule has 3 aliphatic heterocycles. The van der Waals surface area contributed by atoms with Crippen molar-refractivity contribution < 1.29 is 89.4 Å². The maximum absolute atomic E-state index is 12.5. The molecule has 11 N–H and O–H groups in total. The zero-order chi connectivity index (χ0) is 48.4. The maximum atomic E-state index is 12.5. The van der Waals surface area contributed by atoms with E-state index in [0.717, 1.165) is 44.9 Å². The standard InChI is InChI=1S/C48H78O18/c1-21-29(52)31(54)35(58)40(61-21)65-37-32(55)30(53)24(19-49)62-41(37)66-38-34(57)33(56)36(39(59)60)64-42(38)63-28-12-13-45(5)25(46(28,6)20-50)11-14-48(8)26(45)10-9-22-23-17-43(2,3)18-27(51)44(23,4)15-16-47(22,48)7/h9,21,23-38,40-42,49-58H,10-20H2,1-8H3,(H,59,60)/t21-,23?,24+,25?,26?,27+,28-,29-,30-,31+,32-,33-,34-,35+,36-,37+,38+,40-,41-,42+,44+,45+,46+,47+,48-/m0/s1. The second-order valence-corrected chi connectivity index (χ2v) is 23.6. The third-order valence-corrected chi connectivity index (χ3v) is 19.5. The summed E-state index contributed by atoms with van der Waals surface area (Å²) in [5.41, 5.74) is -0.0545. The van der Waals surface area contributed by atoms with Gasteiger partial charge in [0.1, 0.15) is 61.0 Å². The van der Waals surface area contributed by atoms with Gasteiger partial charge < -0.3 is 84.6 Å². The van der Waals surface area contributed by atoms with Gasteiger partial charge in [0.25, 0.3) is 0 Å². The molecule has 18 nitrogen and oxygen atoms in total. The quantitative estimate of drug-likeness (QED) is 0.112. The van der Waals surface area contributed by atoms with Gasteiger partial charge in [0.05, 0.1) is 31.5 Å². The van der Waals surface area contributed by atoms with Crippen LogP contribution in [0.5, 0.6) is 0 Å². The van der Waals surface area contributed by atoms with Gasteiger partial charge in [0.15, 0.2) is 25.0 Å². The van der Waals surface area contributed by atoms with Crippen molar-refractivity contribution >= 4 is 5.97 Å². The molecule has 66 heavy (non-hydrogen) atoms. The number of ether oxygens (including phenoxy) is 6. The molecule has 0 aromatic rings. The summed E-state index contributed by atoms with van der Waals surface area (Å²) in [6.07, 6.45) is -17.6. The summed E-state index contributed by atoms with van der Waals surface area (Å²) in [6.45, 7) is 16.3. The van der Waals surface area contributed by atoms with Gasteiger partial charge in [-0.1, -0.05) is 60.1 Å². The average Bonchev–Trinajstić information content (AvgIpc) is 3.25. The van der Waals surface area contributed by atoms with Gasteiger partial charge in [-0.15, -0.1) is 0 Å². The summed E-state index contributed by atoms with van der Waals surface area (Å²) >= 11 is 0. The highest BCUT2D eigenvalue weighted by molar-refractivity contribution is 5.73. The van der Waals surface area contributed by atoms with E-state index in [2.05, 4.69) is 47.6 Å². The molecular weight excluding hydrogens is 865 g/mol. The van der Waals surface area contributed by atoms with Crippen LogP contribution in [0.25, 0.3) is 0 Å². The number of hydrogen-bond donors (Lipinski definition) is 11. The Morgan fingerprint density at radius 2 is 1.30 bits per heavy atom. The lowest BCUT2D eigenvalue weighted by atomic mass is 9.33. The van der Waals surface area contributed by atoms with Crippen molar-refractivity contribution in [3.63, 3.8) is 0 Å². The molecule has 25 atom stereocenters. The van der Waals surface area contributed by atoms with Crippen molar-refractivity contribution in [2.45, 2.75) is 218 Å². The van der Waals surface area contributed by atoms with E-state index < -0.39 is 116 Å². The van der Waals surface area contributed by atoms with E-state index in [-0.39, 0.29) is 57.5 Å². The molecule has 0 bridgehead atoms. The zero-order valence-corrected chi connectivity index (χ0v) is 39.7. The Kier molecular flexibility index (Phi) is 13.7. The van der Waals surface area contributed by atoms with Crippen molar-refractivity contribution in [2.24, 2.45) is 50.2 Å². The number of fused-ring (bicyclic) bond motifs is 7. The van der Waals surface area contributed by atoms with Gasteiger partial charge in [-0.2, -0.15) is 0 Å². The molecule has 0 aromatic carbocycles. The second kappa shape index (κ2) is 17.7. The van der Waals surface area contributed by atoms with Crippen LogP contribution in [0.15, 0.2) is 11.6 Å². The average molecular weight is 943 g/mol. The highest BCUT2D eigenvalue weighted by atomic mass is 16.8. The van der Waals surface area contributed by atoms with E-state index >= 15 is 0 Å². The number of carbonyl (C=O) groups is 1. The Labute approximate surface area is 387 Å². The minimum atomic E-state index is -2.07. The van der Waals surface area contributed by atoms with Gasteiger partial charge in [0, 0.05) is 10.8 Å². The molecule has 3 unspecified atom stereocenters. The van der Waals surface area contributed by atoms with E-state index in [1.54, 1.807) is 0 Å². The van der Waals surface area contributed by atoms with Crippen molar-refractivity contribution in [3.8, 4) is 0 Å². The molecule has 0 amide bonds. The van der Waals surface area contributed by atoms with Crippen molar-refractivity contribution in [3.05, 3.63) is 11.6 Å². The van der Waals surface area contributed by atoms with E-state index in [1.807, 2.05) is 6.92 Å². The lowest BCUT2D eigenvalue weighted by Crippen LogP contribution is -2.68. The number of aliphatic hydroxyl groups is 10. The Bertz CT molecular complexity index is 1820. The van der Waals surface area contributed by atoms with Crippen LogP contribution in [0.4, 0.5) is 0 Å². The Morgan fingerprint density at radius 1 is 0.667 bits per heavy atom. The van der Waals surface area contributed by atoms with Crippen molar-refractivity contribution in [1.82, 2.24) is 0 Å². The molecule has 3 saturated heterocycles. The molecule has 8 aliphatic rings. The summed E-state index contributed by atoms with van der Waals surface area (Å²) in [5.74, 6) is -1.16. The molecule has 0 radical (unpaired) electrons. The number of carboxylic acid groups (broad SMARTS) is 1. The van der Waals surface area contributed by atoms with Crippen LogP contribution in [-0.4, -0.2) is 180 Å². The first kappa shape index (κ1) is 50.9. The Balaban J connectivity index is 1.08. The van der Waals surface area contributed by atoms with E-state index in [4.69, 9.17) is 28.4 Å². The van der Waals surface area contributed by atoms with E-state index in [1.165, 1.54) is 12.5 Å². The third kappa shape index (κ3) is 7.78. The fourth-order valence-corrected chi connectivity index (χ4v) is 15.1. The number of hydrogen-bond acceptors (Lipinski definition) is 17. The molecule has 18 heteroatoms. The van der Waals surface area contributed by atoms with E-state index in [0.29, 0.717) is 12.8 Å². The predicted octanol–water partition coefficient (Wildman–Crippen LogP) is 0.705. The molecule has 378 valence electrons. The molecule has 3 heterocycles. The molecular formula is C48H78O18. The fourth-order valence-electron chi connectivity index (χ4n) is 15.1. The topological polar surface area (TPSA) is 295 Å². The molecule has 8 rings (SSSR count). The van der Waals surface area contributed by atoms with Crippen LogP contribution in [0, 0.1) is 50.2 Å². The number of aliphatic carboxylic acids is 1. The van der Waals surface area contributed by atoms with Gasteiger partial charge >= 0.3 is 5.97 Å². The van der Waals surface area contributed by atoms with Crippen molar-refractivity contribution in [1.29, 1.82) is 0 Å². The first-order valence-electron chi connectivity index (χ1n) is 24.3. The van der Waals surface area contributed by atoms with Gasteiger partial charge in [-0.25, -0.2) is 4.79 Å². The summed E-state index contributed by atoms with van der Waals surface area (Å²) in [5, 5.41) is 120. The lowest BCUT2D eigenvalue weighted by Gasteiger charge is -2.72. The summed E-state index contributed by atoms with van der Waals surface area (Å²) < 4.78 is 36.2. The normalized spacial score (nSPS) is 55.9. The largest absolute Gasteiger partial charge is 0.479 e. The van der Waals surface area contributed by atoms with Crippen LogP contribution in [0.2, 0.25) is 0 Å². The minimum absolute atomic E-state index is 0.0166. The predicted molar refractivity (Wildman–Crippen MR) is 231 cm³/mol. The molecule has 0 aromatic heterocycles. The number of allylic oxidation sites excluding steroid dienone is 2. The fraction of sp³-hybridized carbons (Fsp3) is 0.938. The summed E-state index contributed by atoms with van der Waals surface area (Å²) in [6, 6.07) is 0. The third-order valence-electron chi connectivity index (χ3n) is 19.5. The number of rotatable bonds is 9.